The smallest absolute Gasteiger partial charge is 0.252 e. The Morgan fingerprint density at radius 3 is 3.00 bits per heavy atom. The minimum absolute atomic E-state index is 0.221. The maximum absolute atomic E-state index is 10.9. The summed E-state index contributed by atoms with van der Waals surface area (Å²) in [5.74, 6) is -0.221. The topological polar surface area (TPSA) is 54.9 Å². The lowest BCUT2D eigenvalue weighted by Crippen LogP contribution is -2.11. The normalized spacial score (nSPS) is 9.18. The fraction of sp³-hybridized carbons (Fsp3) is 0.167. The number of nitrogens with one attached hydrogen (secondary N) is 1. The Bertz CT molecular complexity index is 267. The number of nitrogens with zero attached hydrogens (tertiary/aromatic N) is 2. The Balaban J connectivity index is 2.57. The first-order chi connectivity index (χ1) is 5.20. The van der Waals surface area contributed by atoms with Gasteiger partial charge in [0.15, 0.2) is 0 Å². The number of aromatic nitrogens is 2. The molecule has 0 unspecified atom stereocenters. The summed E-state index contributed by atoms with van der Waals surface area (Å²) < 4.78 is 0. The van der Waals surface area contributed by atoms with Gasteiger partial charge in [0.2, 0.25) is 5.13 Å². The lowest BCUT2D eigenvalue weighted by atomic mass is 10.3. The van der Waals surface area contributed by atoms with Crippen LogP contribution in [0.2, 0.25) is 0 Å². The van der Waals surface area contributed by atoms with Crippen LogP contribution in [0.25, 0.3) is 0 Å². The second kappa shape index (κ2) is 3.25. The first-order valence-corrected chi connectivity index (χ1v) is 3.81. The van der Waals surface area contributed by atoms with E-state index in [0.29, 0.717) is 10.7 Å². The summed E-state index contributed by atoms with van der Waals surface area (Å²) in [6.45, 7) is 5.12. The minimum atomic E-state index is -0.221. The van der Waals surface area contributed by atoms with Crippen LogP contribution in [0, 0.1) is 0 Å². The molecule has 1 rings (SSSR count). The number of amides is 1. The van der Waals surface area contributed by atoms with Gasteiger partial charge in [0, 0.05) is 5.57 Å². The molecule has 0 spiro atoms. The van der Waals surface area contributed by atoms with Gasteiger partial charge in [-0.15, -0.1) is 10.2 Å². The number of rotatable bonds is 2. The zero-order chi connectivity index (χ0) is 8.27. The van der Waals surface area contributed by atoms with Crippen molar-refractivity contribution in [2.24, 2.45) is 0 Å². The third kappa shape index (κ3) is 2.12. The van der Waals surface area contributed by atoms with Gasteiger partial charge in [-0.2, -0.15) is 0 Å². The molecule has 0 atom stereocenters. The quantitative estimate of drug-likeness (QED) is 0.673. The van der Waals surface area contributed by atoms with Crippen molar-refractivity contribution in [2.45, 2.75) is 6.92 Å². The van der Waals surface area contributed by atoms with Crippen molar-refractivity contribution in [3.63, 3.8) is 0 Å². The van der Waals surface area contributed by atoms with E-state index < -0.39 is 0 Å². The van der Waals surface area contributed by atoms with Crippen LogP contribution in [0.15, 0.2) is 17.7 Å². The summed E-state index contributed by atoms with van der Waals surface area (Å²) in [6, 6.07) is 0. The zero-order valence-electron chi connectivity index (χ0n) is 6.00. The minimum Gasteiger partial charge on any atom is -0.297 e. The average Bonchev–Trinajstić information content (AvgIpc) is 2.39. The van der Waals surface area contributed by atoms with Crippen molar-refractivity contribution >= 4 is 22.4 Å². The van der Waals surface area contributed by atoms with Crippen molar-refractivity contribution in [1.29, 1.82) is 0 Å². The highest BCUT2D eigenvalue weighted by atomic mass is 32.1. The van der Waals surface area contributed by atoms with Gasteiger partial charge in [-0.25, -0.2) is 0 Å². The standard InChI is InChI=1S/C6H7N3OS/c1-4(2)5(10)8-6-9-7-3-11-6/h3H,1H2,2H3,(H,8,9,10). The van der Waals surface area contributed by atoms with Crippen molar-refractivity contribution in [1.82, 2.24) is 10.2 Å². The highest BCUT2D eigenvalue weighted by Gasteiger charge is 2.03. The molecule has 0 saturated carbocycles. The van der Waals surface area contributed by atoms with Gasteiger partial charge >= 0.3 is 0 Å². The van der Waals surface area contributed by atoms with Gasteiger partial charge in [-0.05, 0) is 6.92 Å². The van der Waals surface area contributed by atoms with Gasteiger partial charge in [-0.3, -0.25) is 10.1 Å². The van der Waals surface area contributed by atoms with Crippen molar-refractivity contribution in [2.75, 3.05) is 5.32 Å². The van der Waals surface area contributed by atoms with Gasteiger partial charge in [-0.1, -0.05) is 17.9 Å². The molecule has 0 saturated heterocycles. The lowest BCUT2D eigenvalue weighted by molar-refractivity contribution is -0.112. The van der Waals surface area contributed by atoms with Crippen LogP contribution in [-0.4, -0.2) is 16.1 Å². The van der Waals surface area contributed by atoms with E-state index in [1.807, 2.05) is 0 Å². The van der Waals surface area contributed by atoms with Crippen LogP contribution < -0.4 is 5.32 Å². The summed E-state index contributed by atoms with van der Waals surface area (Å²) >= 11 is 1.27. The first kappa shape index (κ1) is 7.87. The molecule has 4 nitrogen and oxygen atoms in total. The molecule has 1 N–H and O–H groups in total. The maximum atomic E-state index is 10.9. The van der Waals surface area contributed by atoms with Gasteiger partial charge < -0.3 is 0 Å². The van der Waals surface area contributed by atoms with Gasteiger partial charge in [0.25, 0.3) is 5.91 Å². The molecule has 0 bridgehead atoms. The summed E-state index contributed by atoms with van der Waals surface area (Å²) in [7, 11) is 0. The summed E-state index contributed by atoms with van der Waals surface area (Å²) in [4.78, 5) is 10.9. The summed E-state index contributed by atoms with van der Waals surface area (Å²) in [5.41, 5.74) is 2.01. The highest BCUT2D eigenvalue weighted by Crippen LogP contribution is 2.08. The van der Waals surface area contributed by atoms with E-state index in [1.165, 1.54) is 11.3 Å². The van der Waals surface area contributed by atoms with E-state index in [2.05, 4.69) is 22.1 Å². The van der Waals surface area contributed by atoms with Gasteiger partial charge in [0.1, 0.15) is 5.51 Å². The first-order valence-electron chi connectivity index (χ1n) is 2.93. The van der Waals surface area contributed by atoms with Gasteiger partial charge in [0.05, 0.1) is 0 Å². The third-order valence-corrected chi connectivity index (χ3v) is 1.57. The largest absolute Gasteiger partial charge is 0.297 e. The molecule has 1 aromatic heterocycles. The Labute approximate surface area is 68.0 Å². The number of anilines is 1. The molecule has 1 aromatic rings. The molecule has 1 amide bonds. The molecular formula is C6H7N3OS. The SMILES string of the molecule is C=C(C)C(=O)Nc1nncs1. The zero-order valence-corrected chi connectivity index (χ0v) is 6.81. The Kier molecular flexibility index (Phi) is 2.32. The molecule has 5 heteroatoms. The van der Waals surface area contributed by atoms with Crippen LogP contribution >= 0.6 is 11.3 Å². The van der Waals surface area contributed by atoms with E-state index in [1.54, 1.807) is 12.4 Å². The van der Waals surface area contributed by atoms with E-state index in [-0.39, 0.29) is 5.91 Å². The van der Waals surface area contributed by atoms with Crippen LogP contribution in [0.3, 0.4) is 0 Å². The Morgan fingerprint density at radius 1 is 1.82 bits per heavy atom. The van der Waals surface area contributed by atoms with E-state index in [0.717, 1.165) is 0 Å². The molecule has 0 radical (unpaired) electrons. The van der Waals surface area contributed by atoms with Crippen LogP contribution in [-0.2, 0) is 4.79 Å². The summed E-state index contributed by atoms with van der Waals surface area (Å²) in [6.07, 6.45) is 0. The second-order valence-electron chi connectivity index (χ2n) is 1.98. The Morgan fingerprint density at radius 2 is 2.55 bits per heavy atom. The molecule has 0 aliphatic heterocycles. The monoisotopic (exact) mass is 169 g/mol. The Hall–Kier alpha value is -1.23. The number of carbonyl (C=O) groups is 1. The highest BCUT2D eigenvalue weighted by molar-refractivity contribution is 7.13. The average molecular weight is 169 g/mol. The third-order valence-electron chi connectivity index (χ3n) is 0.968. The number of hydrogen-bond donors (Lipinski definition) is 1. The second-order valence-corrected chi connectivity index (χ2v) is 2.81. The molecule has 0 aliphatic rings. The van der Waals surface area contributed by atoms with Crippen LogP contribution in [0.1, 0.15) is 6.92 Å². The predicted octanol–water partition coefficient (Wildman–Crippen LogP) is 1.05. The van der Waals surface area contributed by atoms with E-state index in [4.69, 9.17) is 0 Å². The van der Waals surface area contributed by atoms with Crippen molar-refractivity contribution in [3.8, 4) is 0 Å². The fourth-order valence-corrected chi connectivity index (χ4v) is 0.871. The molecule has 11 heavy (non-hydrogen) atoms. The van der Waals surface area contributed by atoms with Crippen molar-refractivity contribution < 1.29 is 4.79 Å². The van der Waals surface area contributed by atoms with E-state index in [9.17, 15) is 4.79 Å². The lowest BCUT2D eigenvalue weighted by Gasteiger charge is -1.96. The number of carbonyl (C=O) groups excluding carboxylic acids is 1. The maximum Gasteiger partial charge on any atom is 0.252 e. The predicted molar refractivity (Wildman–Crippen MR) is 43.4 cm³/mol. The summed E-state index contributed by atoms with van der Waals surface area (Å²) in [5, 5.41) is 10.2. The fourth-order valence-electron chi connectivity index (χ4n) is 0.431. The molecule has 0 fully saturated rings. The molecule has 0 aromatic carbocycles. The van der Waals surface area contributed by atoms with Crippen LogP contribution in [0.5, 0.6) is 0 Å². The molecule has 0 aliphatic carbocycles. The molecular weight excluding hydrogens is 162 g/mol. The molecule has 58 valence electrons. The van der Waals surface area contributed by atoms with Crippen LogP contribution in [0.4, 0.5) is 5.13 Å². The van der Waals surface area contributed by atoms with Crippen molar-refractivity contribution in [3.05, 3.63) is 17.7 Å². The molecule has 1 heterocycles. The number of hydrogen-bond acceptors (Lipinski definition) is 4. The van der Waals surface area contributed by atoms with E-state index >= 15 is 0 Å².